The fraction of sp³-hybridized carbons (Fsp3) is 0.185. The van der Waals surface area contributed by atoms with Crippen LogP contribution in [0.25, 0.3) is 0 Å². The summed E-state index contributed by atoms with van der Waals surface area (Å²) in [7, 11) is 0. The van der Waals surface area contributed by atoms with Gasteiger partial charge in [0.15, 0.2) is 5.78 Å². The predicted octanol–water partition coefficient (Wildman–Crippen LogP) is 5.93. The Hall–Kier alpha value is -3.46. The number of rotatable bonds is 6. The quantitative estimate of drug-likeness (QED) is 0.380. The van der Waals surface area contributed by atoms with E-state index in [-0.39, 0.29) is 11.7 Å². The van der Waals surface area contributed by atoms with Gasteiger partial charge in [0.1, 0.15) is 5.82 Å². The second-order valence-corrected chi connectivity index (χ2v) is 7.82. The van der Waals surface area contributed by atoms with Crippen LogP contribution in [0, 0.1) is 13.8 Å². The second-order valence-electron chi connectivity index (χ2n) is 7.82. The maximum absolute atomic E-state index is 12.6. The Kier molecular flexibility index (Phi) is 5.62. The topological polar surface area (TPSA) is 34.9 Å². The maximum atomic E-state index is 12.6. The molecule has 0 aliphatic heterocycles. The number of benzene rings is 3. The van der Waals surface area contributed by atoms with E-state index in [0.717, 1.165) is 17.9 Å². The molecule has 1 heterocycles. The van der Waals surface area contributed by atoms with E-state index in [1.54, 1.807) is 0 Å². The van der Waals surface area contributed by atoms with Crippen LogP contribution in [0.2, 0.25) is 0 Å². The van der Waals surface area contributed by atoms with Crippen LogP contribution in [-0.2, 0) is 6.54 Å². The van der Waals surface area contributed by atoms with Crippen molar-refractivity contribution in [2.24, 2.45) is 0 Å². The molecule has 1 aromatic heterocycles. The molecule has 0 saturated carbocycles. The van der Waals surface area contributed by atoms with Gasteiger partial charge in [0.05, 0.1) is 0 Å². The lowest BCUT2D eigenvalue weighted by Gasteiger charge is -2.18. The highest BCUT2D eigenvalue weighted by atomic mass is 16.1. The van der Waals surface area contributed by atoms with Gasteiger partial charge in [-0.1, -0.05) is 79.7 Å². The summed E-state index contributed by atoms with van der Waals surface area (Å²) in [6.07, 6.45) is 3.89. The summed E-state index contributed by atoms with van der Waals surface area (Å²) in [5.74, 6) is 1.31. The minimum absolute atomic E-state index is 0.0500. The van der Waals surface area contributed by atoms with Crippen LogP contribution in [-0.4, -0.2) is 15.3 Å². The Morgan fingerprint density at radius 2 is 1.60 bits per heavy atom. The van der Waals surface area contributed by atoms with Crippen molar-refractivity contribution < 1.29 is 4.79 Å². The summed E-state index contributed by atoms with van der Waals surface area (Å²) in [4.78, 5) is 17.3. The van der Waals surface area contributed by atoms with Crippen molar-refractivity contribution in [1.29, 1.82) is 0 Å². The molecule has 0 aliphatic carbocycles. The number of aryl methyl sites for hydroxylation is 1. The predicted molar refractivity (Wildman–Crippen MR) is 121 cm³/mol. The minimum Gasteiger partial charge on any atom is -0.330 e. The lowest BCUT2D eigenvalue weighted by atomic mass is 9.93. The highest BCUT2D eigenvalue weighted by Gasteiger charge is 2.17. The van der Waals surface area contributed by atoms with Crippen LogP contribution in [0.4, 0.5) is 0 Å². The minimum atomic E-state index is 0.0500. The first kappa shape index (κ1) is 19.8. The molecule has 3 aromatic carbocycles. The van der Waals surface area contributed by atoms with E-state index in [4.69, 9.17) is 0 Å². The molecule has 0 amide bonds. The Labute approximate surface area is 178 Å². The number of carbonyl (C=O) groups is 1. The zero-order valence-electron chi connectivity index (χ0n) is 17.7. The van der Waals surface area contributed by atoms with E-state index in [2.05, 4.69) is 48.5 Å². The normalized spacial score (nSPS) is 12.0. The zero-order valence-corrected chi connectivity index (χ0v) is 17.7. The van der Waals surface area contributed by atoms with Gasteiger partial charge in [-0.15, -0.1) is 0 Å². The monoisotopic (exact) mass is 394 g/mol. The van der Waals surface area contributed by atoms with Gasteiger partial charge in [0.2, 0.25) is 0 Å². The van der Waals surface area contributed by atoms with Crippen molar-refractivity contribution in [3.63, 3.8) is 0 Å². The molecule has 150 valence electrons. The molecular formula is C27H26N2O. The van der Waals surface area contributed by atoms with Crippen LogP contribution >= 0.6 is 0 Å². The van der Waals surface area contributed by atoms with Gasteiger partial charge in [0.25, 0.3) is 0 Å². The highest BCUT2D eigenvalue weighted by molar-refractivity contribution is 6.08. The van der Waals surface area contributed by atoms with Gasteiger partial charge in [-0.2, -0.15) is 0 Å². The standard InChI is InChI=1S/C27H26N2O/c1-19-8-7-11-25(20(19)2)21(3)27-28-16-17-29(27)18-22-12-14-24(15-13-22)26(30)23-9-5-4-6-10-23/h4-17,21H,18H2,1-3H3/t21-/m0/s1. The summed E-state index contributed by atoms with van der Waals surface area (Å²) in [5.41, 5.74) is 6.50. The molecule has 4 aromatic rings. The average Bonchev–Trinajstić information content (AvgIpc) is 3.24. The van der Waals surface area contributed by atoms with Gasteiger partial charge in [-0.05, 0) is 36.1 Å². The van der Waals surface area contributed by atoms with E-state index in [1.807, 2.05) is 67.0 Å². The number of carbonyl (C=O) groups excluding carboxylic acids is 1. The molecule has 30 heavy (non-hydrogen) atoms. The van der Waals surface area contributed by atoms with Gasteiger partial charge >= 0.3 is 0 Å². The van der Waals surface area contributed by atoms with Crippen molar-refractivity contribution in [1.82, 2.24) is 9.55 Å². The van der Waals surface area contributed by atoms with Crippen LogP contribution in [0.5, 0.6) is 0 Å². The van der Waals surface area contributed by atoms with Crippen molar-refractivity contribution in [2.75, 3.05) is 0 Å². The van der Waals surface area contributed by atoms with Gasteiger partial charge < -0.3 is 4.57 Å². The molecule has 0 N–H and O–H groups in total. The number of nitrogens with zero attached hydrogens (tertiary/aromatic N) is 2. The third-order valence-corrected chi connectivity index (χ3v) is 5.85. The molecule has 1 atom stereocenters. The summed E-state index contributed by atoms with van der Waals surface area (Å²) < 4.78 is 2.19. The average molecular weight is 395 g/mol. The third-order valence-electron chi connectivity index (χ3n) is 5.85. The molecule has 0 aliphatic rings. The molecule has 4 rings (SSSR count). The van der Waals surface area contributed by atoms with Gasteiger partial charge in [0, 0.05) is 36.0 Å². The van der Waals surface area contributed by atoms with Crippen molar-refractivity contribution in [2.45, 2.75) is 33.2 Å². The summed E-state index contributed by atoms with van der Waals surface area (Å²) in [5, 5.41) is 0. The van der Waals surface area contributed by atoms with E-state index in [0.29, 0.717) is 11.1 Å². The Morgan fingerprint density at radius 1 is 0.900 bits per heavy atom. The number of ketones is 1. The zero-order chi connectivity index (χ0) is 21.1. The lowest BCUT2D eigenvalue weighted by molar-refractivity contribution is 0.103. The molecule has 0 unspecified atom stereocenters. The van der Waals surface area contributed by atoms with E-state index in [1.165, 1.54) is 16.7 Å². The summed E-state index contributed by atoms with van der Waals surface area (Å²) in [6, 6.07) is 23.7. The number of aromatic nitrogens is 2. The van der Waals surface area contributed by atoms with Crippen molar-refractivity contribution in [3.05, 3.63) is 124 Å². The second kappa shape index (κ2) is 8.50. The lowest BCUT2D eigenvalue weighted by Crippen LogP contribution is -2.10. The van der Waals surface area contributed by atoms with Gasteiger partial charge in [-0.25, -0.2) is 4.98 Å². The first-order valence-corrected chi connectivity index (χ1v) is 10.3. The molecule has 3 nitrogen and oxygen atoms in total. The third kappa shape index (κ3) is 3.97. The van der Waals surface area contributed by atoms with E-state index in [9.17, 15) is 4.79 Å². The van der Waals surface area contributed by atoms with E-state index < -0.39 is 0 Å². The Balaban J connectivity index is 1.54. The first-order chi connectivity index (χ1) is 14.5. The molecule has 3 heteroatoms. The smallest absolute Gasteiger partial charge is 0.193 e. The van der Waals surface area contributed by atoms with E-state index >= 15 is 0 Å². The fourth-order valence-corrected chi connectivity index (χ4v) is 3.93. The molecule has 0 saturated heterocycles. The van der Waals surface area contributed by atoms with Crippen LogP contribution in [0.15, 0.2) is 85.2 Å². The summed E-state index contributed by atoms with van der Waals surface area (Å²) in [6.45, 7) is 7.26. The van der Waals surface area contributed by atoms with Crippen molar-refractivity contribution in [3.8, 4) is 0 Å². The summed E-state index contributed by atoms with van der Waals surface area (Å²) >= 11 is 0. The fourth-order valence-electron chi connectivity index (χ4n) is 3.93. The largest absolute Gasteiger partial charge is 0.330 e. The molecule has 0 bridgehead atoms. The van der Waals surface area contributed by atoms with Crippen LogP contribution in [0.1, 0.15) is 56.8 Å². The Bertz CT molecular complexity index is 1160. The number of hydrogen-bond donors (Lipinski definition) is 0. The number of imidazole rings is 1. The SMILES string of the molecule is Cc1cccc([C@H](C)c2nccn2Cc2ccc(C(=O)c3ccccc3)cc2)c1C. The molecule has 0 fully saturated rings. The number of hydrogen-bond acceptors (Lipinski definition) is 2. The van der Waals surface area contributed by atoms with Gasteiger partial charge in [-0.3, -0.25) is 4.79 Å². The highest BCUT2D eigenvalue weighted by Crippen LogP contribution is 2.27. The van der Waals surface area contributed by atoms with Crippen molar-refractivity contribution >= 4 is 5.78 Å². The molecular weight excluding hydrogens is 368 g/mol. The first-order valence-electron chi connectivity index (χ1n) is 10.3. The van der Waals surface area contributed by atoms with Crippen LogP contribution in [0.3, 0.4) is 0 Å². The molecule has 0 radical (unpaired) electrons. The maximum Gasteiger partial charge on any atom is 0.193 e. The Morgan fingerprint density at radius 3 is 2.33 bits per heavy atom. The van der Waals surface area contributed by atoms with Crippen LogP contribution < -0.4 is 0 Å². The molecule has 0 spiro atoms.